The van der Waals surface area contributed by atoms with Gasteiger partial charge in [-0.2, -0.15) is 0 Å². The van der Waals surface area contributed by atoms with E-state index in [1.807, 2.05) is 19.1 Å². The van der Waals surface area contributed by atoms with E-state index in [0.717, 1.165) is 24.8 Å². The molecule has 0 saturated heterocycles. The van der Waals surface area contributed by atoms with Crippen molar-refractivity contribution in [2.75, 3.05) is 6.26 Å². The van der Waals surface area contributed by atoms with Gasteiger partial charge in [-0.3, -0.25) is 0 Å². The molecule has 1 saturated carbocycles. The first kappa shape index (κ1) is 15.5. The first-order valence-electron chi connectivity index (χ1n) is 7.26. The molecule has 3 atom stereocenters. The fourth-order valence-electron chi connectivity index (χ4n) is 3.48. The minimum Gasteiger partial charge on any atom is -0.321 e. The molecular formula is C16H25NO2S. The Morgan fingerprint density at radius 2 is 1.90 bits per heavy atom. The molecule has 1 fully saturated rings. The van der Waals surface area contributed by atoms with E-state index in [9.17, 15) is 8.42 Å². The molecule has 0 heterocycles. The van der Waals surface area contributed by atoms with Crippen LogP contribution in [0.5, 0.6) is 0 Å². The number of hydrogen-bond donors (Lipinski definition) is 1. The molecule has 4 heteroatoms. The maximum atomic E-state index is 11.8. The highest BCUT2D eigenvalue weighted by atomic mass is 32.2. The molecule has 1 aromatic rings. The van der Waals surface area contributed by atoms with Crippen LogP contribution in [0.25, 0.3) is 0 Å². The van der Waals surface area contributed by atoms with Crippen LogP contribution in [0.1, 0.15) is 43.7 Å². The van der Waals surface area contributed by atoms with Crippen molar-refractivity contribution in [2.24, 2.45) is 11.7 Å². The van der Waals surface area contributed by atoms with Gasteiger partial charge in [0.1, 0.15) is 9.84 Å². The van der Waals surface area contributed by atoms with Crippen molar-refractivity contribution in [1.82, 2.24) is 0 Å². The molecule has 112 valence electrons. The van der Waals surface area contributed by atoms with Gasteiger partial charge in [-0.05, 0) is 50.2 Å². The van der Waals surface area contributed by atoms with Crippen molar-refractivity contribution >= 4 is 9.84 Å². The number of rotatable bonds is 3. The Morgan fingerprint density at radius 3 is 2.50 bits per heavy atom. The van der Waals surface area contributed by atoms with Crippen LogP contribution in [0.3, 0.4) is 0 Å². The molecule has 0 amide bonds. The second-order valence-electron chi connectivity index (χ2n) is 6.41. The SMILES string of the molecule is Cc1ccccc1C(C)(N)C1CCCC(S(C)(=O)=O)C1. The van der Waals surface area contributed by atoms with E-state index in [1.165, 1.54) is 11.8 Å². The van der Waals surface area contributed by atoms with Crippen LogP contribution in [0.15, 0.2) is 24.3 Å². The van der Waals surface area contributed by atoms with Crippen molar-refractivity contribution < 1.29 is 8.42 Å². The van der Waals surface area contributed by atoms with Gasteiger partial charge in [-0.1, -0.05) is 30.7 Å². The average Bonchev–Trinajstić information content (AvgIpc) is 2.38. The molecule has 2 rings (SSSR count). The van der Waals surface area contributed by atoms with Crippen molar-refractivity contribution in [2.45, 2.75) is 50.3 Å². The molecule has 0 aliphatic heterocycles. The van der Waals surface area contributed by atoms with Crippen LogP contribution in [0.2, 0.25) is 0 Å². The second kappa shape index (κ2) is 5.49. The third kappa shape index (κ3) is 3.07. The Bertz CT molecular complexity index is 578. The van der Waals surface area contributed by atoms with E-state index in [1.54, 1.807) is 0 Å². The smallest absolute Gasteiger partial charge is 0.150 e. The van der Waals surface area contributed by atoms with Crippen molar-refractivity contribution in [3.05, 3.63) is 35.4 Å². The van der Waals surface area contributed by atoms with Gasteiger partial charge in [0.2, 0.25) is 0 Å². The monoisotopic (exact) mass is 295 g/mol. The third-order valence-corrected chi connectivity index (χ3v) is 6.44. The minimum absolute atomic E-state index is 0.220. The number of sulfone groups is 1. The molecule has 0 spiro atoms. The quantitative estimate of drug-likeness (QED) is 0.932. The molecule has 2 N–H and O–H groups in total. The van der Waals surface area contributed by atoms with Crippen LogP contribution >= 0.6 is 0 Å². The Balaban J connectivity index is 2.28. The van der Waals surface area contributed by atoms with Crippen molar-refractivity contribution in [3.8, 4) is 0 Å². The number of benzene rings is 1. The van der Waals surface area contributed by atoms with Gasteiger partial charge in [-0.15, -0.1) is 0 Å². The van der Waals surface area contributed by atoms with Crippen LogP contribution in [0.4, 0.5) is 0 Å². The summed E-state index contributed by atoms with van der Waals surface area (Å²) in [5.74, 6) is 0.220. The van der Waals surface area contributed by atoms with Crippen LogP contribution in [0, 0.1) is 12.8 Å². The fourth-order valence-corrected chi connectivity index (χ4v) is 4.65. The molecule has 20 heavy (non-hydrogen) atoms. The van der Waals surface area contributed by atoms with Gasteiger partial charge in [0.25, 0.3) is 0 Å². The first-order chi connectivity index (χ1) is 9.23. The standard InChI is InChI=1S/C16H25NO2S/c1-12-7-4-5-10-15(12)16(2,17)13-8-6-9-14(11-13)20(3,18)19/h4-5,7,10,13-14H,6,8-9,11,17H2,1-3H3. The summed E-state index contributed by atoms with van der Waals surface area (Å²) < 4.78 is 23.6. The van der Waals surface area contributed by atoms with Gasteiger partial charge in [0.15, 0.2) is 0 Å². The molecule has 1 aliphatic rings. The van der Waals surface area contributed by atoms with Gasteiger partial charge < -0.3 is 5.73 Å². The summed E-state index contributed by atoms with van der Waals surface area (Å²) in [5, 5.41) is -0.229. The Labute approximate surface area is 122 Å². The van der Waals surface area contributed by atoms with E-state index in [-0.39, 0.29) is 11.2 Å². The first-order valence-corrected chi connectivity index (χ1v) is 9.22. The highest BCUT2D eigenvalue weighted by Crippen LogP contribution is 2.40. The number of nitrogens with two attached hydrogens (primary N) is 1. The van der Waals surface area contributed by atoms with Gasteiger partial charge in [0.05, 0.1) is 5.25 Å². The van der Waals surface area contributed by atoms with E-state index in [2.05, 4.69) is 19.1 Å². The zero-order chi connectivity index (χ0) is 15.0. The molecular weight excluding hydrogens is 270 g/mol. The summed E-state index contributed by atoms with van der Waals surface area (Å²) in [6, 6.07) is 8.15. The lowest BCUT2D eigenvalue weighted by molar-refractivity contribution is 0.225. The van der Waals surface area contributed by atoms with E-state index >= 15 is 0 Å². The fraction of sp³-hybridized carbons (Fsp3) is 0.625. The largest absolute Gasteiger partial charge is 0.321 e. The second-order valence-corrected chi connectivity index (χ2v) is 8.74. The van der Waals surface area contributed by atoms with Crippen LogP contribution < -0.4 is 5.73 Å². The molecule has 3 nitrogen and oxygen atoms in total. The highest BCUT2D eigenvalue weighted by Gasteiger charge is 2.39. The molecule has 0 bridgehead atoms. The molecule has 1 aliphatic carbocycles. The summed E-state index contributed by atoms with van der Waals surface area (Å²) in [6.45, 7) is 4.11. The van der Waals surface area contributed by atoms with E-state index in [4.69, 9.17) is 5.73 Å². The molecule has 3 unspecified atom stereocenters. The van der Waals surface area contributed by atoms with Gasteiger partial charge in [0, 0.05) is 11.8 Å². The third-order valence-electron chi connectivity index (χ3n) is 4.81. The van der Waals surface area contributed by atoms with E-state index < -0.39 is 15.4 Å². The lowest BCUT2D eigenvalue weighted by Gasteiger charge is -2.40. The predicted octanol–water partition coefficient (Wildman–Crippen LogP) is 2.77. The predicted molar refractivity (Wildman–Crippen MR) is 83.3 cm³/mol. The van der Waals surface area contributed by atoms with Crippen LogP contribution in [-0.4, -0.2) is 19.9 Å². The Kier molecular flexibility index (Phi) is 4.26. The van der Waals surface area contributed by atoms with Gasteiger partial charge in [-0.25, -0.2) is 8.42 Å². The molecule has 0 aromatic heterocycles. The van der Waals surface area contributed by atoms with Crippen molar-refractivity contribution in [1.29, 1.82) is 0 Å². The zero-order valence-corrected chi connectivity index (χ0v) is 13.4. The maximum absolute atomic E-state index is 11.8. The maximum Gasteiger partial charge on any atom is 0.150 e. The Hall–Kier alpha value is -0.870. The highest BCUT2D eigenvalue weighted by molar-refractivity contribution is 7.91. The normalized spacial score (nSPS) is 27.0. The van der Waals surface area contributed by atoms with Crippen molar-refractivity contribution in [3.63, 3.8) is 0 Å². The topological polar surface area (TPSA) is 60.2 Å². The number of hydrogen-bond acceptors (Lipinski definition) is 3. The lowest BCUT2D eigenvalue weighted by Crippen LogP contribution is -2.45. The summed E-state index contributed by atoms with van der Waals surface area (Å²) in [7, 11) is -2.97. The summed E-state index contributed by atoms with van der Waals surface area (Å²) in [5.41, 5.74) is 8.48. The van der Waals surface area contributed by atoms with E-state index in [0.29, 0.717) is 6.42 Å². The summed E-state index contributed by atoms with van der Waals surface area (Å²) >= 11 is 0. The Morgan fingerprint density at radius 1 is 1.25 bits per heavy atom. The van der Waals surface area contributed by atoms with Crippen LogP contribution in [-0.2, 0) is 15.4 Å². The number of aryl methyl sites for hydroxylation is 1. The van der Waals surface area contributed by atoms with Gasteiger partial charge >= 0.3 is 0 Å². The average molecular weight is 295 g/mol. The molecule has 0 radical (unpaired) electrons. The lowest BCUT2D eigenvalue weighted by atomic mass is 9.71. The molecule has 1 aromatic carbocycles. The summed E-state index contributed by atoms with van der Waals surface area (Å²) in [6.07, 6.45) is 4.76. The zero-order valence-electron chi connectivity index (χ0n) is 12.6. The minimum atomic E-state index is -2.97. The summed E-state index contributed by atoms with van der Waals surface area (Å²) in [4.78, 5) is 0.